The maximum absolute atomic E-state index is 12.8. The Morgan fingerprint density at radius 1 is 1.13 bits per heavy atom. The third-order valence-electron chi connectivity index (χ3n) is 5.13. The van der Waals surface area contributed by atoms with E-state index in [1.54, 1.807) is 24.3 Å². The molecule has 2 aromatic rings. The quantitative estimate of drug-likeness (QED) is 0.448. The Bertz CT molecular complexity index is 932. The molecule has 1 aliphatic rings. The summed E-state index contributed by atoms with van der Waals surface area (Å²) >= 11 is 0. The second-order valence-electron chi connectivity index (χ2n) is 7.22. The maximum Gasteiger partial charge on any atom is 0.337 e. The molecule has 1 saturated heterocycles. The fourth-order valence-electron chi connectivity index (χ4n) is 3.16. The molecule has 0 bridgehead atoms. The number of guanidine groups is 1. The standard InChI is InChI=1S/C23H27N3O4/c1-15-6-4-8-20(16(15)2)25-23(24-14-19-7-5-13-30-19)26-21(27)17-9-11-18(12-10-17)22(28)29-3/h4,6,8-12,19H,5,7,13-14H2,1-3H3,(H2,24,25,26,27). The number of esters is 1. The van der Waals surface area contributed by atoms with E-state index in [-0.39, 0.29) is 12.0 Å². The lowest BCUT2D eigenvalue weighted by atomic mass is 10.1. The lowest BCUT2D eigenvalue weighted by Gasteiger charge is -2.16. The van der Waals surface area contributed by atoms with Crippen molar-refractivity contribution in [3.63, 3.8) is 0 Å². The van der Waals surface area contributed by atoms with Gasteiger partial charge in [-0.25, -0.2) is 9.79 Å². The Morgan fingerprint density at radius 3 is 2.53 bits per heavy atom. The summed E-state index contributed by atoms with van der Waals surface area (Å²) in [7, 11) is 1.32. The van der Waals surface area contributed by atoms with Crippen LogP contribution < -0.4 is 10.6 Å². The molecule has 0 saturated carbocycles. The van der Waals surface area contributed by atoms with Crippen LogP contribution in [-0.2, 0) is 9.47 Å². The van der Waals surface area contributed by atoms with Gasteiger partial charge >= 0.3 is 5.97 Å². The molecule has 158 valence electrons. The summed E-state index contributed by atoms with van der Waals surface area (Å²) in [6.45, 7) is 5.27. The Kier molecular flexibility index (Phi) is 7.19. The topological polar surface area (TPSA) is 89.0 Å². The smallest absolute Gasteiger partial charge is 0.337 e. The van der Waals surface area contributed by atoms with E-state index >= 15 is 0 Å². The number of benzene rings is 2. The van der Waals surface area contributed by atoms with Gasteiger partial charge in [0.1, 0.15) is 0 Å². The van der Waals surface area contributed by atoms with Gasteiger partial charge in [0.15, 0.2) is 0 Å². The summed E-state index contributed by atoms with van der Waals surface area (Å²) in [6.07, 6.45) is 2.05. The number of hydrogen-bond donors (Lipinski definition) is 2. The zero-order chi connectivity index (χ0) is 21.5. The van der Waals surface area contributed by atoms with Crippen molar-refractivity contribution in [1.29, 1.82) is 0 Å². The van der Waals surface area contributed by atoms with Crippen molar-refractivity contribution in [2.24, 2.45) is 4.99 Å². The molecule has 2 aromatic carbocycles. The van der Waals surface area contributed by atoms with Crippen LogP contribution in [0.1, 0.15) is 44.7 Å². The number of hydrogen-bond acceptors (Lipinski definition) is 5. The number of nitrogens with one attached hydrogen (secondary N) is 2. The van der Waals surface area contributed by atoms with Crippen molar-refractivity contribution >= 4 is 23.5 Å². The highest BCUT2D eigenvalue weighted by Crippen LogP contribution is 2.18. The number of anilines is 1. The summed E-state index contributed by atoms with van der Waals surface area (Å²) < 4.78 is 10.3. The lowest BCUT2D eigenvalue weighted by Crippen LogP contribution is -2.37. The van der Waals surface area contributed by atoms with Gasteiger partial charge in [0.2, 0.25) is 5.96 Å². The fraction of sp³-hybridized carbons (Fsp3) is 0.348. The minimum absolute atomic E-state index is 0.0663. The van der Waals surface area contributed by atoms with Gasteiger partial charge in [-0.05, 0) is 68.1 Å². The van der Waals surface area contributed by atoms with Crippen molar-refractivity contribution in [1.82, 2.24) is 5.32 Å². The Morgan fingerprint density at radius 2 is 1.87 bits per heavy atom. The normalized spacial score (nSPS) is 16.2. The average Bonchev–Trinajstić information content (AvgIpc) is 3.28. The van der Waals surface area contributed by atoms with Gasteiger partial charge in [0.05, 0.1) is 25.3 Å². The van der Waals surface area contributed by atoms with Crippen LogP contribution in [0.15, 0.2) is 47.5 Å². The SMILES string of the molecule is COC(=O)c1ccc(C(=O)NC(=NCC2CCCO2)Nc2cccc(C)c2C)cc1. The van der Waals surface area contributed by atoms with Crippen LogP contribution in [0, 0.1) is 13.8 Å². The van der Waals surface area contributed by atoms with Crippen molar-refractivity contribution in [3.8, 4) is 0 Å². The molecule has 7 heteroatoms. The van der Waals surface area contributed by atoms with Gasteiger partial charge in [0.25, 0.3) is 5.91 Å². The van der Waals surface area contributed by atoms with Crippen LogP contribution in [0.3, 0.4) is 0 Å². The van der Waals surface area contributed by atoms with E-state index in [0.29, 0.717) is 23.6 Å². The molecule has 30 heavy (non-hydrogen) atoms. The molecule has 1 fully saturated rings. The van der Waals surface area contributed by atoms with Crippen LogP contribution >= 0.6 is 0 Å². The number of aryl methyl sites for hydroxylation is 1. The first-order valence-corrected chi connectivity index (χ1v) is 9.97. The van der Waals surface area contributed by atoms with Crippen LogP contribution in [0.5, 0.6) is 0 Å². The van der Waals surface area contributed by atoms with Gasteiger partial charge in [0, 0.05) is 17.9 Å². The maximum atomic E-state index is 12.8. The van der Waals surface area contributed by atoms with Gasteiger partial charge in [-0.2, -0.15) is 0 Å². The molecule has 7 nitrogen and oxygen atoms in total. The first-order valence-electron chi connectivity index (χ1n) is 9.97. The average molecular weight is 409 g/mol. The van der Waals surface area contributed by atoms with Crippen LogP contribution in [0.2, 0.25) is 0 Å². The highest BCUT2D eigenvalue weighted by atomic mass is 16.5. The summed E-state index contributed by atoms with van der Waals surface area (Å²) in [4.78, 5) is 28.9. The molecule has 3 rings (SSSR count). The number of aliphatic imine (C=N–C) groups is 1. The molecule has 1 amide bonds. The number of nitrogens with zero attached hydrogens (tertiary/aromatic N) is 1. The molecule has 1 atom stereocenters. The van der Waals surface area contributed by atoms with E-state index < -0.39 is 5.97 Å². The molecule has 0 aliphatic carbocycles. The molecule has 1 unspecified atom stereocenters. The predicted octanol–water partition coefficient (Wildman–Crippen LogP) is 3.47. The van der Waals surface area contributed by atoms with Crippen molar-refractivity contribution in [2.45, 2.75) is 32.8 Å². The summed E-state index contributed by atoms with van der Waals surface area (Å²) in [6, 6.07) is 12.2. The second kappa shape index (κ2) is 10.0. The zero-order valence-corrected chi connectivity index (χ0v) is 17.5. The first-order chi connectivity index (χ1) is 14.5. The van der Waals surface area contributed by atoms with Crippen molar-refractivity contribution in [2.75, 3.05) is 25.6 Å². The number of carbonyl (C=O) groups is 2. The predicted molar refractivity (Wildman–Crippen MR) is 116 cm³/mol. The lowest BCUT2D eigenvalue weighted by molar-refractivity contribution is 0.0600. The van der Waals surface area contributed by atoms with Crippen molar-refractivity contribution < 1.29 is 19.1 Å². The summed E-state index contributed by atoms with van der Waals surface area (Å²) in [5, 5.41) is 6.08. The molecule has 1 aliphatic heterocycles. The molecule has 1 heterocycles. The van der Waals surface area contributed by atoms with E-state index in [1.165, 1.54) is 7.11 Å². The Labute approximate surface area is 176 Å². The number of methoxy groups -OCH3 is 1. The number of rotatable bonds is 5. The van der Waals surface area contributed by atoms with Crippen LogP contribution in [-0.4, -0.2) is 44.2 Å². The minimum atomic E-state index is -0.447. The highest BCUT2D eigenvalue weighted by Gasteiger charge is 2.17. The molecule has 2 N–H and O–H groups in total. The van der Waals surface area contributed by atoms with Crippen LogP contribution in [0.4, 0.5) is 5.69 Å². The zero-order valence-electron chi connectivity index (χ0n) is 17.5. The first kappa shape index (κ1) is 21.5. The van der Waals surface area contributed by atoms with E-state index in [2.05, 4.69) is 20.4 Å². The monoisotopic (exact) mass is 409 g/mol. The number of amides is 1. The van der Waals surface area contributed by atoms with Crippen molar-refractivity contribution in [3.05, 3.63) is 64.7 Å². The molecular weight excluding hydrogens is 382 g/mol. The molecular formula is C23H27N3O4. The summed E-state index contributed by atoms with van der Waals surface area (Å²) in [5.41, 5.74) is 3.90. The van der Waals surface area contributed by atoms with E-state index in [0.717, 1.165) is 36.3 Å². The third kappa shape index (κ3) is 5.45. The minimum Gasteiger partial charge on any atom is -0.465 e. The number of ether oxygens (including phenoxy) is 2. The van der Waals surface area contributed by atoms with Gasteiger partial charge < -0.3 is 14.8 Å². The fourth-order valence-corrected chi connectivity index (χ4v) is 3.16. The third-order valence-corrected chi connectivity index (χ3v) is 5.13. The van der Waals surface area contributed by atoms with Gasteiger partial charge in [-0.3, -0.25) is 10.1 Å². The molecule has 0 aromatic heterocycles. The van der Waals surface area contributed by atoms with Gasteiger partial charge in [-0.15, -0.1) is 0 Å². The second-order valence-corrected chi connectivity index (χ2v) is 7.22. The van der Waals surface area contributed by atoms with Crippen LogP contribution in [0.25, 0.3) is 0 Å². The van der Waals surface area contributed by atoms with Gasteiger partial charge in [-0.1, -0.05) is 12.1 Å². The van der Waals surface area contributed by atoms with E-state index in [9.17, 15) is 9.59 Å². The van der Waals surface area contributed by atoms with E-state index in [1.807, 2.05) is 32.0 Å². The molecule has 0 spiro atoms. The molecule has 0 radical (unpaired) electrons. The number of carbonyl (C=O) groups excluding carboxylic acids is 2. The Balaban J connectivity index is 1.77. The summed E-state index contributed by atoms with van der Waals surface area (Å²) in [5.74, 6) is -0.408. The Hall–Kier alpha value is -3.19. The largest absolute Gasteiger partial charge is 0.465 e. The van der Waals surface area contributed by atoms with E-state index in [4.69, 9.17) is 4.74 Å². The highest BCUT2D eigenvalue weighted by molar-refractivity contribution is 6.10.